The van der Waals surface area contributed by atoms with E-state index in [2.05, 4.69) is 5.32 Å². The van der Waals surface area contributed by atoms with Crippen molar-refractivity contribution in [2.45, 2.75) is 18.5 Å². The van der Waals surface area contributed by atoms with Gasteiger partial charge in [0.25, 0.3) is 5.91 Å². The first-order valence-corrected chi connectivity index (χ1v) is 10.1. The van der Waals surface area contributed by atoms with Crippen molar-refractivity contribution in [3.8, 4) is 5.75 Å². The van der Waals surface area contributed by atoms with Crippen LogP contribution in [-0.4, -0.2) is 66.3 Å². The van der Waals surface area contributed by atoms with E-state index in [4.69, 9.17) is 16.3 Å². The van der Waals surface area contributed by atoms with Gasteiger partial charge in [-0.25, -0.2) is 0 Å². The molecule has 0 saturated carbocycles. The first-order chi connectivity index (χ1) is 14.5. The minimum Gasteiger partial charge on any atom is -0.497 e. The van der Waals surface area contributed by atoms with E-state index in [1.54, 1.807) is 53.3 Å². The molecule has 2 aromatic carbocycles. The Morgan fingerprint density at radius 3 is 2.67 bits per heavy atom. The van der Waals surface area contributed by atoms with Gasteiger partial charge in [-0.3, -0.25) is 14.4 Å². The lowest BCUT2D eigenvalue weighted by molar-refractivity contribution is -0.152. The fourth-order valence-corrected chi connectivity index (χ4v) is 4.04. The van der Waals surface area contributed by atoms with Gasteiger partial charge in [-0.05, 0) is 35.9 Å². The van der Waals surface area contributed by atoms with E-state index in [1.807, 2.05) is 12.1 Å². The highest BCUT2D eigenvalue weighted by atomic mass is 35.5. The van der Waals surface area contributed by atoms with Crippen molar-refractivity contribution in [2.75, 3.05) is 26.7 Å². The fourth-order valence-electron chi connectivity index (χ4n) is 3.92. The first kappa shape index (κ1) is 20.2. The Labute approximate surface area is 179 Å². The van der Waals surface area contributed by atoms with Crippen LogP contribution in [0.4, 0.5) is 0 Å². The van der Waals surface area contributed by atoms with Gasteiger partial charge in [0.1, 0.15) is 17.8 Å². The van der Waals surface area contributed by atoms with Gasteiger partial charge >= 0.3 is 0 Å². The Morgan fingerprint density at radius 1 is 1.17 bits per heavy atom. The van der Waals surface area contributed by atoms with Crippen LogP contribution >= 0.6 is 11.6 Å². The lowest BCUT2D eigenvalue weighted by Crippen LogP contribution is -2.70. The normalized spacial score (nSPS) is 21.1. The summed E-state index contributed by atoms with van der Waals surface area (Å²) in [4.78, 5) is 41.8. The lowest BCUT2D eigenvalue weighted by Gasteiger charge is -2.45. The molecule has 2 aromatic rings. The summed E-state index contributed by atoms with van der Waals surface area (Å²) in [6.07, 6.45) is 0.400. The highest BCUT2D eigenvalue weighted by Gasteiger charge is 2.44. The predicted octanol–water partition coefficient (Wildman–Crippen LogP) is 1.74. The second kappa shape index (κ2) is 8.36. The van der Waals surface area contributed by atoms with Gasteiger partial charge in [0.05, 0.1) is 13.7 Å². The average Bonchev–Trinajstić information content (AvgIpc) is 2.78. The summed E-state index contributed by atoms with van der Waals surface area (Å²) < 4.78 is 5.18. The number of methoxy groups -OCH3 is 1. The molecule has 0 unspecified atom stereocenters. The van der Waals surface area contributed by atoms with Crippen LogP contribution in [0.5, 0.6) is 5.75 Å². The molecule has 0 bridgehead atoms. The van der Waals surface area contributed by atoms with Crippen LogP contribution in [0, 0.1) is 0 Å². The summed E-state index contributed by atoms with van der Waals surface area (Å²) >= 11 is 5.91. The van der Waals surface area contributed by atoms with E-state index in [-0.39, 0.29) is 24.3 Å². The Morgan fingerprint density at radius 2 is 1.93 bits per heavy atom. The van der Waals surface area contributed by atoms with Crippen molar-refractivity contribution in [3.05, 3.63) is 64.7 Å². The molecule has 30 heavy (non-hydrogen) atoms. The summed E-state index contributed by atoms with van der Waals surface area (Å²) in [6.45, 7) is 0.865. The monoisotopic (exact) mass is 427 g/mol. The summed E-state index contributed by atoms with van der Waals surface area (Å²) in [5.74, 6) is 0.0481. The molecular formula is C22H22ClN3O4. The van der Waals surface area contributed by atoms with Crippen LogP contribution in [0.15, 0.2) is 48.5 Å². The van der Waals surface area contributed by atoms with Crippen LogP contribution in [0.25, 0.3) is 0 Å². The molecule has 3 amide bonds. The van der Waals surface area contributed by atoms with E-state index in [0.29, 0.717) is 35.8 Å². The van der Waals surface area contributed by atoms with Crippen LogP contribution in [-0.2, 0) is 16.0 Å². The Hall–Kier alpha value is -3.06. The standard InChI is InChI=1S/C22H22ClN3O4/c1-30-17-4-2-3-15(12-17)21(28)25-9-10-26-19(13-25)20(27)24-18(22(26)29)11-14-5-7-16(23)8-6-14/h2-8,12,18-19H,9-11,13H2,1H3,(H,24,27)/t18-,19+/m0/s1. The smallest absolute Gasteiger partial charge is 0.254 e. The number of hydrogen-bond acceptors (Lipinski definition) is 4. The molecule has 0 radical (unpaired) electrons. The third-order valence-corrected chi connectivity index (χ3v) is 5.79. The summed E-state index contributed by atoms with van der Waals surface area (Å²) in [5.41, 5.74) is 1.41. The van der Waals surface area contributed by atoms with Crippen LogP contribution < -0.4 is 10.1 Å². The zero-order chi connectivity index (χ0) is 21.3. The van der Waals surface area contributed by atoms with Crippen molar-refractivity contribution in [1.29, 1.82) is 0 Å². The number of rotatable bonds is 4. The zero-order valence-electron chi connectivity index (χ0n) is 16.5. The highest BCUT2D eigenvalue weighted by molar-refractivity contribution is 6.30. The van der Waals surface area contributed by atoms with Crippen molar-refractivity contribution >= 4 is 29.3 Å². The molecule has 1 N–H and O–H groups in total. The van der Waals surface area contributed by atoms with Gasteiger partial charge in [0.15, 0.2) is 0 Å². The van der Waals surface area contributed by atoms with E-state index in [0.717, 1.165) is 5.56 Å². The second-order valence-electron chi connectivity index (χ2n) is 7.42. The van der Waals surface area contributed by atoms with Gasteiger partial charge in [-0.2, -0.15) is 0 Å². The zero-order valence-corrected chi connectivity index (χ0v) is 17.3. The topological polar surface area (TPSA) is 79.0 Å². The number of nitrogens with zero attached hydrogens (tertiary/aromatic N) is 2. The number of halogens is 1. The molecule has 2 fully saturated rings. The molecule has 0 aliphatic carbocycles. The Bertz CT molecular complexity index is 979. The number of piperazine rings is 2. The molecule has 2 aliphatic heterocycles. The SMILES string of the molecule is COc1cccc(C(=O)N2CCN3C(=O)[C@H](Cc4ccc(Cl)cc4)NC(=O)[C@H]3C2)c1. The average molecular weight is 428 g/mol. The quantitative estimate of drug-likeness (QED) is 0.806. The third kappa shape index (κ3) is 3.98. The van der Waals surface area contributed by atoms with Crippen molar-refractivity contribution in [3.63, 3.8) is 0 Å². The van der Waals surface area contributed by atoms with E-state index < -0.39 is 12.1 Å². The molecule has 2 aliphatic rings. The van der Waals surface area contributed by atoms with Gasteiger partial charge in [0.2, 0.25) is 11.8 Å². The molecule has 2 saturated heterocycles. The fraction of sp³-hybridized carbons (Fsp3) is 0.318. The molecule has 8 heteroatoms. The maximum Gasteiger partial charge on any atom is 0.254 e. The lowest BCUT2D eigenvalue weighted by atomic mass is 9.98. The Balaban J connectivity index is 1.45. The molecule has 2 atom stereocenters. The number of carbonyl (C=O) groups is 3. The van der Waals surface area contributed by atoms with Crippen LogP contribution in [0.3, 0.4) is 0 Å². The van der Waals surface area contributed by atoms with E-state index in [9.17, 15) is 14.4 Å². The molecule has 0 aromatic heterocycles. The molecule has 2 heterocycles. The Kier molecular flexibility index (Phi) is 5.63. The first-order valence-electron chi connectivity index (χ1n) is 9.75. The third-order valence-electron chi connectivity index (χ3n) is 5.54. The molecule has 7 nitrogen and oxygen atoms in total. The maximum atomic E-state index is 13.0. The summed E-state index contributed by atoms with van der Waals surface area (Å²) in [6, 6.07) is 12.8. The highest BCUT2D eigenvalue weighted by Crippen LogP contribution is 2.21. The molecule has 0 spiro atoms. The number of amides is 3. The van der Waals surface area contributed by atoms with Crippen LogP contribution in [0.1, 0.15) is 15.9 Å². The molecular weight excluding hydrogens is 406 g/mol. The van der Waals surface area contributed by atoms with E-state index in [1.165, 1.54) is 0 Å². The summed E-state index contributed by atoms with van der Waals surface area (Å²) in [5, 5.41) is 3.44. The molecule has 156 valence electrons. The largest absolute Gasteiger partial charge is 0.497 e. The van der Waals surface area contributed by atoms with Crippen LogP contribution in [0.2, 0.25) is 5.02 Å². The van der Waals surface area contributed by atoms with Gasteiger partial charge in [-0.1, -0.05) is 29.8 Å². The number of fused-ring (bicyclic) bond motifs is 1. The van der Waals surface area contributed by atoms with Gasteiger partial charge < -0.3 is 19.9 Å². The van der Waals surface area contributed by atoms with Crippen molar-refractivity contribution < 1.29 is 19.1 Å². The second-order valence-corrected chi connectivity index (χ2v) is 7.86. The van der Waals surface area contributed by atoms with Gasteiger partial charge in [0, 0.05) is 30.1 Å². The predicted molar refractivity (Wildman–Crippen MR) is 111 cm³/mol. The van der Waals surface area contributed by atoms with Crippen molar-refractivity contribution in [2.24, 2.45) is 0 Å². The minimum absolute atomic E-state index is 0.122. The number of ether oxygens (including phenoxy) is 1. The van der Waals surface area contributed by atoms with Gasteiger partial charge in [-0.15, -0.1) is 0 Å². The van der Waals surface area contributed by atoms with Crippen molar-refractivity contribution in [1.82, 2.24) is 15.1 Å². The number of hydrogen-bond donors (Lipinski definition) is 1. The minimum atomic E-state index is -0.678. The molecule has 4 rings (SSSR count). The van der Waals surface area contributed by atoms with E-state index >= 15 is 0 Å². The number of nitrogens with one attached hydrogen (secondary N) is 1. The summed E-state index contributed by atoms with van der Waals surface area (Å²) in [7, 11) is 1.54. The number of carbonyl (C=O) groups excluding carboxylic acids is 3. The number of benzene rings is 2. The maximum absolute atomic E-state index is 13.0.